The molecular weight excluding hydrogens is 909 g/mol. The van der Waals surface area contributed by atoms with E-state index in [2.05, 4.69) is 86.8 Å². The zero-order valence-electron chi connectivity index (χ0n) is 49.4. The molecule has 0 aliphatic heterocycles. The van der Waals surface area contributed by atoms with E-state index < -0.39 is 6.10 Å². The van der Waals surface area contributed by atoms with Crippen molar-refractivity contribution < 1.29 is 24.2 Å². The van der Waals surface area contributed by atoms with E-state index in [0.717, 1.165) is 70.6 Å². The molecule has 1 N–H and O–H groups in total. The van der Waals surface area contributed by atoms with Crippen molar-refractivity contribution in [2.75, 3.05) is 13.2 Å². The van der Waals surface area contributed by atoms with Gasteiger partial charge in [0.25, 0.3) is 0 Å². The topological polar surface area (TPSA) is 72.8 Å². The molecule has 0 amide bonds. The van der Waals surface area contributed by atoms with Gasteiger partial charge in [0.05, 0.1) is 6.61 Å². The fourth-order valence-corrected chi connectivity index (χ4v) is 9.64. The number of aliphatic hydroxyl groups excluding tert-OH is 1. The standard InChI is InChI=1S/C69H124O5/c1-3-5-7-9-11-13-15-17-19-21-23-25-27-29-31-32-33-34-35-36-38-40-42-44-46-48-50-52-54-56-58-60-62-64-69(72)74-67(65-70)66-73-68(71)63-61-59-57-55-53-51-49-47-45-43-41-39-37-30-28-26-24-22-20-18-16-14-12-10-8-6-4-2/h5,7,11,13,16-19,22-25,67,70H,3-4,6,8-10,12,14-15,20-21,26-66H2,1-2H3/b7-5-,13-11-,18-16-,19-17-,24-22-,25-23-. The second kappa shape index (κ2) is 64.6. The fourth-order valence-electron chi connectivity index (χ4n) is 9.64. The first-order chi connectivity index (χ1) is 36.6. The van der Waals surface area contributed by atoms with Gasteiger partial charge in [-0.05, 0) is 83.5 Å². The summed E-state index contributed by atoms with van der Waals surface area (Å²) in [5.74, 6) is -0.575. The number of hydrogen-bond acceptors (Lipinski definition) is 5. The van der Waals surface area contributed by atoms with Crippen LogP contribution in [0, 0.1) is 0 Å². The molecule has 0 spiro atoms. The van der Waals surface area contributed by atoms with Gasteiger partial charge in [-0.25, -0.2) is 0 Å². The van der Waals surface area contributed by atoms with Crippen LogP contribution in [0.1, 0.15) is 335 Å². The van der Waals surface area contributed by atoms with Crippen molar-refractivity contribution in [3.63, 3.8) is 0 Å². The molecule has 1 atom stereocenters. The van der Waals surface area contributed by atoms with Gasteiger partial charge in [-0.15, -0.1) is 0 Å². The third-order valence-electron chi connectivity index (χ3n) is 14.5. The maximum Gasteiger partial charge on any atom is 0.306 e. The van der Waals surface area contributed by atoms with Crippen LogP contribution in [0.3, 0.4) is 0 Å². The van der Waals surface area contributed by atoms with E-state index in [4.69, 9.17) is 9.47 Å². The fraction of sp³-hybridized carbons (Fsp3) is 0.797. The van der Waals surface area contributed by atoms with Crippen molar-refractivity contribution >= 4 is 11.9 Å². The normalized spacial score (nSPS) is 12.6. The summed E-state index contributed by atoms with van der Waals surface area (Å²) >= 11 is 0. The number of carbonyl (C=O) groups is 2. The molecule has 0 aromatic carbocycles. The number of aliphatic hydroxyl groups is 1. The molecule has 0 saturated carbocycles. The number of ether oxygens (including phenoxy) is 2. The highest BCUT2D eigenvalue weighted by Crippen LogP contribution is 2.18. The molecule has 0 aliphatic carbocycles. The minimum absolute atomic E-state index is 0.0632. The molecule has 0 aliphatic rings. The average molecular weight is 1030 g/mol. The van der Waals surface area contributed by atoms with Gasteiger partial charge in [0.1, 0.15) is 6.61 Å². The summed E-state index contributed by atoms with van der Waals surface area (Å²) < 4.78 is 10.8. The molecule has 5 heteroatoms. The van der Waals surface area contributed by atoms with Gasteiger partial charge in [0.15, 0.2) is 6.10 Å². The molecule has 0 radical (unpaired) electrons. The Morgan fingerprint density at radius 3 is 0.878 bits per heavy atom. The quantitative estimate of drug-likeness (QED) is 0.0373. The van der Waals surface area contributed by atoms with Gasteiger partial charge >= 0.3 is 11.9 Å². The summed E-state index contributed by atoms with van der Waals surface area (Å²) in [6, 6.07) is 0. The monoisotopic (exact) mass is 1030 g/mol. The van der Waals surface area contributed by atoms with E-state index in [1.807, 2.05) is 0 Å². The maximum atomic E-state index is 12.3. The number of esters is 2. The van der Waals surface area contributed by atoms with E-state index in [0.29, 0.717) is 12.8 Å². The SMILES string of the molecule is CC/C=C\C/C=C\C/C=C\C/C=C\CCCCCCCCCCCCCCCCCCCCCCC(=O)OC(CO)COC(=O)CCCCCCCCCCCCCCCCC/C=C\C/C=C\CCCCCCC. The lowest BCUT2D eigenvalue weighted by Crippen LogP contribution is -2.28. The summed E-state index contributed by atoms with van der Waals surface area (Å²) in [4.78, 5) is 24.6. The van der Waals surface area contributed by atoms with Crippen LogP contribution in [0.5, 0.6) is 0 Å². The molecule has 0 aromatic rings. The maximum absolute atomic E-state index is 12.3. The molecule has 0 heterocycles. The number of carbonyl (C=O) groups excluding carboxylic acids is 2. The van der Waals surface area contributed by atoms with Gasteiger partial charge in [-0.2, -0.15) is 0 Å². The first kappa shape index (κ1) is 71.3. The Labute approximate surface area is 461 Å². The summed E-state index contributed by atoms with van der Waals surface area (Å²) in [6.45, 7) is 4.06. The van der Waals surface area contributed by atoms with Crippen LogP contribution in [0.25, 0.3) is 0 Å². The number of unbranched alkanes of at least 4 members (excludes halogenated alkanes) is 40. The Balaban J connectivity index is 3.42. The van der Waals surface area contributed by atoms with E-state index >= 15 is 0 Å². The van der Waals surface area contributed by atoms with E-state index in [-0.39, 0.29) is 25.2 Å². The molecular formula is C69H124O5. The van der Waals surface area contributed by atoms with Gasteiger partial charge in [-0.1, -0.05) is 311 Å². The number of allylic oxidation sites excluding steroid dienone is 12. The highest BCUT2D eigenvalue weighted by atomic mass is 16.6. The molecule has 430 valence electrons. The second-order valence-electron chi connectivity index (χ2n) is 21.8. The summed E-state index contributed by atoms with van der Waals surface area (Å²) in [5.41, 5.74) is 0. The van der Waals surface area contributed by atoms with E-state index in [1.54, 1.807) is 0 Å². The largest absolute Gasteiger partial charge is 0.462 e. The molecule has 0 rings (SSSR count). The summed E-state index contributed by atoms with van der Waals surface area (Å²) in [7, 11) is 0. The Morgan fingerprint density at radius 1 is 0.324 bits per heavy atom. The average Bonchev–Trinajstić information content (AvgIpc) is 3.40. The van der Waals surface area contributed by atoms with Crippen molar-refractivity contribution in [3.05, 3.63) is 72.9 Å². The van der Waals surface area contributed by atoms with E-state index in [1.165, 1.54) is 238 Å². The van der Waals surface area contributed by atoms with Crippen LogP contribution < -0.4 is 0 Å². The Kier molecular flexibility index (Phi) is 62.3. The zero-order chi connectivity index (χ0) is 53.4. The molecule has 74 heavy (non-hydrogen) atoms. The third-order valence-corrected chi connectivity index (χ3v) is 14.5. The minimum atomic E-state index is -0.773. The van der Waals surface area contributed by atoms with Crippen LogP contribution in [-0.4, -0.2) is 36.4 Å². The van der Waals surface area contributed by atoms with Crippen LogP contribution >= 0.6 is 0 Å². The Morgan fingerprint density at radius 2 is 0.581 bits per heavy atom. The lowest BCUT2D eigenvalue weighted by atomic mass is 10.0. The predicted molar refractivity (Wildman–Crippen MR) is 325 cm³/mol. The van der Waals surface area contributed by atoms with Crippen molar-refractivity contribution in [2.45, 2.75) is 341 Å². The van der Waals surface area contributed by atoms with Crippen LogP contribution in [0.4, 0.5) is 0 Å². The van der Waals surface area contributed by atoms with Crippen molar-refractivity contribution in [2.24, 2.45) is 0 Å². The molecule has 0 aromatic heterocycles. The van der Waals surface area contributed by atoms with Gasteiger partial charge in [0.2, 0.25) is 0 Å². The molecule has 0 bridgehead atoms. The predicted octanol–water partition coefficient (Wildman–Crippen LogP) is 22.3. The molecule has 0 saturated heterocycles. The summed E-state index contributed by atoms with van der Waals surface area (Å²) in [5, 5.41) is 9.69. The third kappa shape index (κ3) is 61.9. The lowest BCUT2D eigenvalue weighted by molar-refractivity contribution is -0.161. The van der Waals surface area contributed by atoms with Crippen LogP contribution in [0.15, 0.2) is 72.9 Å². The first-order valence-corrected chi connectivity index (χ1v) is 32.5. The smallest absolute Gasteiger partial charge is 0.306 e. The van der Waals surface area contributed by atoms with Crippen molar-refractivity contribution in [1.29, 1.82) is 0 Å². The zero-order valence-corrected chi connectivity index (χ0v) is 49.4. The molecule has 5 nitrogen and oxygen atoms in total. The Hall–Kier alpha value is -2.66. The number of hydrogen-bond donors (Lipinski definition) is 1. The lowest BCUT2D eigenvalue weighted by Gasteiger charge is -2.15. The molecule has 1 unspecified atom stereocenters. The second-order valence-corrected chi connectivity index (χ2v) is 21.8. The van der Waals surface area contributed by atoms with Gasteiger partial charge in [0, 0.05) is 12.8 Å². The number of rotatable bonds is 60. The first-order valence-electron chi connectivity index (χ1n) is 32.5. The van der Waals surface area contributed by atoms with Crippen molar-refractivity contribution in [1.82, 2.24) is 0 Å². The highest BCUT2D eigenvalue weighted by Gasteiger charge is 2.16. The van der Waals surface area contributed by atoms with Gasteiger partial charge in [-0.3, -0.25) is 9.59 Å². The van der Waals surface area contributed by atoms with Crippen LogP contribution in [-0.2, 0) is 19.1 Å². The highest BCUT2D eigenvalue weighted by molar-refractivity contribution is 5.70. The Bertz CT molecular complexity index is 1310. The minimum Gasteiger partial charge on any atom is -0.462 e. The summed E-state index contributed by atoms with van der Waals surface area (Å²) in [6.07, 6.45) is 89.1. The van der Waals surface area contributed by atoms with E-state index in [9.17, 15) is 14.7 Å². The molecule has 0 fully saturated rings. The van der Waals surface area contributed by atoms with Crippen molar-refractivity contribution in [3.8, 4) is 0 Å². The van der Waals surface area contributed by atoms with Crippen LogP contribution in [0.2, 0.25) is 0 Å². The van der Waals surface area contributed by atoms with Gasteiger partial charge < -0.3 is 14.6 Å².